The second kappa shape index (κ2) is 10.3. The van der Waals surface area contributed by atoms with E-state index in [2.05, 4.69) is 38.3 Å². The minimum atomic E-state index is -0.288. The van der Waals surface area contributed by atoms with Crippen molar-refractivity contribution < 1.29 is 23.8 Å². The van der Waals surface area contributed by atoms with Gasteiger partial charge in [0.15, 0.2) is 0 Å². The summed E-state index contributed by atoms with van der Waals surface area (Å²) in [6.07, 6.45) is 2.54. The van der Waals surface area contributed by atoms with Gasteiger partial charge in [0.05, 0.1) is 6.54 Å². The van der Waals surface area contributed by atoms with E-state index in [-0.39, 0.29) is 29.3 Å². The Morgan fingerprint density at radius 1 is 1.26 bits per heavy atom. The van der Waals surface area contributed by atoms with Crippen molar-refractivity contribution in [2.24, 2.45) is 5.92 Å². The molecule has 1 heterocycles. The van der Waals surface area contributed by atoms with Crippen LogP contribution in [0.4, 0.5) is 4.39 Å². The smallest absolute Gasteiger partial charge is 0.290 e. The van der Waals surface area contributed by atoms with Crippen molar-refractivity contribution in [1.82, 2.24) is 10.6 Å². The summed E-state index contributed by atoms with van der Waals surface area (Å²) in [5.74, 6) is 0.765. The molecule has 1 saturated heterocycles. The van der Waals surface area contributed by atoms with Gasteiger partial charge in [-0.25, -0.2) is 4.39 Å². The van der Waals surface area contributed by atoms with Gasteiger partial charge >= 0.3 is 0 Å². The maximum Gasteiger partial charge on any atom is 0.290 e. The second-order valence-corrected chi connectivity index (χ2v) is 8.13. The first-order valence-corrected chi connectivity index (χ1v) is 9.09. The van der Waals surface area contributed by atoms with E-state index in [0.717, 1.165) is 12.8 Å². The molecule has 0 aromatic heterocycles. The van der Waals surface area contributed by atoms with Crippen LogP contribution >= 0.6 is 0 Å². The Bertz CT molecular complexity index is 587. The van der Waals surface area contributed by atoms with Crippen LogP contribution in [0, 0.1) is 11.7 Å². The van der Waals surface area contributed by atoms with Gasteiger partial charge in [-0.3, -0.25) is 9.59 Å². The zero-order valence-corrected chi connectivity index (χ0v) is 16.5. The minimum Gasteiger partial charge on any atom is -0.492 e. The largest absolute Gasteiger partial charge is 0.492 e. The summed E-state index contributed by atoms with van der Waals surface area (Å²) in [6.45, 7) is 9.34. The van der Waals surface area contributed by atoms with Crippen molar-refractivity contribution in [3.63, 3.8) is 0 Å². The number of hydrogen-bond acceptors (Lipinski definition) is 4. The molecular weight excluding hydrogens is 351 g/mol. The van der Waals surface area contributed by atoms with Crippen molar-refractivity contribution in [3.05, 3.63) is 30.1 Å². The zero-order valence-electron chi connectivity index (χ0n) is 16.5. The fraction of sp³-hybridized carbons (Fsp3) is 0.600. The first-order chi connectivity index (χ1) is 12.6. The molecule has 0 unspecified atom stereocenters. The Hall–Kier alpha value is -2.15. The molecule has 1 amide bonds. The molecule has 6 nitrogen and oxygen atoms in total. The number of halogens is 1. The highest BCUT2D eigenvalue weighted by Gasteiger charge is 2.38. The lowest BCUT2D eigenvalue weighted by Crippen LogP contribution is -2.58. The van der Waals surface area contributed by atoms with E-state index < -0.39 is 0 Å². The van der Waals surface area contributed by atoms with Crippen LogP contribution in [0.25, 0.3) is 0 Å². The second-order valence-electron chi connectivity index (χ2n) is 8.13. The molecule has 1 aliphatic heterocycles. The number of carbonyl (C=O) groups excluding carboxylic acids is 1. The topological polar surface area (TPSA) is 87.7 Å². The quantitative estimate of drug-likeness (QED) is 0.520. The number of amides is 1. The maximum absolute atomic E-state index is 12.8. The number of piperidine rings is 1. The maximum atomic E-state index is 12.8. The molecule has 0 spiro atoms. The number of nitrogens with one attached hydrogen (secondary N) is 2. The lowest BCUT2D eigenvalue weighted by atomic mass is 9.74. The molecule has 0 aliphatic carbocycles. The van der Waals surface area contributed by atoms with Crippen LogP contribution in [-0.4, -0.2) is 41.7 Å². The van der Waals surface area contributed by atoms with Crippen molar-refractivity contribution >= 4 is 12.4 Å². The number of carboxylic acid groups (broad SMARTS) is 1. The van der Waals surface area contributed by atoms with Crippen molar-refractivity contribution in [2.75, 3.05) is 13.2 Å². The van der Waals surface area contributed by atoms with E-state index in [4.69, 9.17) is 14.6 Å². The first kappa shape index (κ1) is 22.9. The SMILES string of the molecule is CC1(C)CC(CC(=O)NCCOc2ccc(F)cc2)CC(C)(C)N1.O=CO. The zero-order chi connectivity index (χ0) is 20.5. The van der Waals surface area contributed by atoms with Crippen LogP contribution in [-0.2, 0) is 9.59 Å². The predicted octanol–water partition coefficient (Wildman–Crippen LogP) is 2.97. The van der Waals surface area contributed by atoms with Gasteiger partial charge in [0.1, 0.15) is 18.2 Å². The van der Waals surface area contributed by atoms with E-state index in [1.807, 2.05) is 0 Å². The minimum absolute atomic E-state index is 0.0540. The third-order valence-corrected chi connectivity index (χ3v) is 4.26. The lowest BCUT2D eigenvalue weighted by Gasteiger charge is -2.46. The van der Waals surface area contributed by atoms with Gasteiger partial charge in [0.2, 0.25) is 5.91 Å². The summed E-state index contributed by atoms with van der Waals surface area (Å²) in [4.78, 5) is 20.5. The molecule has 0 saturated carbocycles. The van der Waals surface area contributed by atoms with E-state index in [9.17, 15) is 9.18 Å². The lowest BCUT2D eigenvalue weighted by molar-refractivity contribution is -0.123. The van der Waals surface area contributed by atoms with Crippen molar-refractivity contribution in [2.45, 2.75) is 58.0 Å². The van der Waals surface area contributed by atoms with E-state index in [0.29, 0.717) is 31.2 Å². The number of benzene rings is 1. The fourth-order valence-corrected chi connectivity index (χ4v) is 3.90. The van der Waals surface area contributed by atoms with Crippen LogP contribution in [0.3, 0.4) is 0 Å². The fourth-order valence-electron chi connectivity index (χ4n) is 3.90. The monoisotopic (exact) mass is 382 g/mol. The average Bonchev–Trinajstić information content (AvgIpc) is 2.51. The van der Waals surface area contributed by atoms with Gasteiger partial charge in [0.25, 0.3) is 6.47 Å². The molecule has 3 N–H and O–H groups in total. The van der Waals surface area contributed by atoms with Crippen LogP contribution in [0.1, 0.15) is 47.0 Å². The van der Waals surface area contributed by atoms with E-state index in [1.165, 1.54) is 12.1 Å². The summed E-state index contributed by atoms with van der Waals surface area (Å²) in [5.41, 5.74) is 0.108. The first-order valence-electron chi connectivity index (χ1n) is 9.09. The molecule has 27 heavy (non-hydrogen) atoms. The Kier molecular flexibility index (Phi) is 8.69. The van der Waals surface area contributed by atoms with Crippen LogP contribution in [0.15, 0.2) is 24.3 Å². The molecule has 2 rings (SSSR count). The van der Waals surface area contributed by atoms with Crippen molar-refractivity contribution in [1.29, 1.82) is 0 Å². The number of hydrogen-bond donors (Lipinski definition) is 3. The Labute approximate surface area is 160 Å². The van der Waals surface area contributed by atoms with Crippen molar-refractivity contribution in [3.8, 4) is 5.75 Å². The highest BCUT2D eigenvalue weighted by molar-refractivity contribution is 5.76. The number of carbonyl (C=O) groups is 2. The van der Waals surface area contributed by atoms with E-state index in [1.54, 1.807) is 12.1 Å². The number of ether oxygens (including phenoxy) is 1. The molecule has 1 aliphatic rings. The Morgan fingerprint density at radius 2 is 1.78 bits per heavy atom. The molecule has 0 bridgehead atoms. The van der Waals surface area contributed by atoms with Crippen LogP contribution in [0.2, 0.25) is 0 Å². The number of rotatable bonds is 6. The van der Waals surface area contributed by atoms with Gasteiger partial charge in [-0.15, -0.1) is 0 Å². The third-order valence-electron chi connectivity index (χ3n) is 4.26. The summed E-state index contributed by atoms with van der Waals surface area (Å²) in [7, 11) is 0. The third kappa shape index (κ3) is 9.38. The molecule has 1 fully saturated rings. The molecule has 0 atom stereocenters. The van der Waals surface area contributed by atoms with Gasteiger partial charge in [-0.05, 0) is 70.7 Å². The molecule has 0 radical (unpaired) electrons. The van der Waals surface area contributed by atoms with Gasteiger partial charge < -0.3 is 20.5 Å². The summed E-state index contributed by atoms with van der Waals surface area (Å²) >= 11 is 0. The Morgan fingerprint density at radius 3 is 2.30 bits per heavy atom. The van der Waals surface area contributed by atoms with Crippen LogP contribution in [0.5, 0.6) is 5.75 Å². The molecule has 1 aromatic rings. The molecular formula is C20H31FN2O4. The summed E-state index contributed by atoms with van der Waals surface area (Å²) < 4.78 is 18.3. The standard InChI is InChI=1S/C19H29FN2O2.CH2O2/c1-18(2)12-14(13-19(3,4)22-18)11-17(23)21-9-10-24-16-7-5-15(20)6-8-16;2-1-3/h5-8,14,22H,9-13H2,1-4H3,(H,21,23);1H,(H,2,3). The van der Waals surface area contributed by atoms with Gasteiger partial charge in [-0.1, -0.05) is 0 Å². The molecule has 1 aromatic carbocycles. The Balaban J connectivity index is 0.00000114. The predicted molar refractivity (Wildman–Crippen MR) is 102 cm³/mol. The molecule has 7 heteroatoms. The summed E-state index contributed by atoms with van der Waals surface area (Å²) in [6, 6.07) is 5.87. The normalized spacial score (nSPS) is 18.0. The van der Waals surface area contributed by atoms with Gasteiger partial charge in [-0.2, -0.15) is 0 Å². The molecule has 152 valence electrons. The van der Waals surface area contributed by atoms with Gasteiger partial charge in [0, 0.05) is 17.5 Å². The highest BCUT2D eigenvalue weighted by atomic mass is 19.1. The highest BCUT2D eigenvalue weighted by Crippen LogP contribution is 2.34. The van der Waals surface area contributed by atoms with Crippen LogP contribution < -0.4 is 15.4 Å². The average molecular weight is 382 g/mol. The van der Waals surface area contributed by atoms with E-state index >= 15 is 0 Å². The summed E-state index contributed by atoms with van der Waals surface area (Å²) in [5, 5.41) is 13.4.